The first-order valence-electron chi connectivity index (χ1n) is 7.85. The molecule has 0 aromatic rings. The summed E-state index contributed by atoms with van der Waals surface area (Å²) in [5, 5.41) is 24.7. The molecule has 1 amide bonds. The zero-order valence-electron chi connectivity index (χ0n) is 12.6. The Balaban J connectivity index is 1.79. The molecular formula is C15H26N2O4. The summed E-state index contributed by atoms with van der Waals surface area (Å²) in [5.41, 5.74) is -1.41. The number of rotatable bonds is 5. The number of hydrogen-bond donors (Lipinski definition) is 4. The second-order valence-corrected chi connectivity index (χ2v) is 6.73. The van der Waals surface area contributed by atoms with E-state index in [9.17, 15) is 14.7 Å². The van der Waals surface area contributed by atoms with Crippen LogP contribution in [0.15, 0.2) is 0 Å². The molecule has 2 rings (SSSR count). The Bertz CT molecular complexity index is 397. The fraction of sp³-hybridized carbons (Fsp3) is 0.867. The number of carboxylic acid groups (broad SMARTS) is 1. The highest BCUT2D eigenvalue weighted by Gasteiger charge is 2.35. The highest BCUT2D eigenvalue weighted by Crippen LogP contribution is 2.32. The van der Waals surface area contributed by atoms with E-state index in [0.29, 0.717) is 12.0 Å². The Hall–Kier alpha value is -1.14. The van der Waals surface area contributed by atoms with Gasteiger partial charge in [-0.15, -0.1) is 0 Å². The molecule has 2 aliphatic rings. The Labute approximate surface area is 125 Å². The van der Waals surface area contributed by atoms with Crippen LogP contribution in [0.2, 0.25) is 0 Å². The second-order valence-electron chi connectivity index (χ2n) is 6.73. The molecule has 2 fully saturated rings. The van der Waals surface area contributed by atoms with Gasteiger partial charge in [0.2, 0.25) is 5.91 Å². The number of aliphatic carboxylic acids is 1. The summed E-state index contributed by atoms with van der Waals surface area (Å²) in [6, 6.07) is 0.216. The molecule has 4 unspecified atom stereocenters. The van der Waals surface area contributed by atoms with Crippen molar-refractivity contribution in [2.24, 2.45) is 5.92 Å². The molecule has 21 heavy (non-hydrogen) atoms. The maximum Gasteiger partial charge on any atom is 0.306 e. The van der Waals surface area contributed by atoms with Gasteiger partial charge >= 0.3 is 5.97 Å². The average molecular weight is 298 g/mol. The summed E-state index contributed by atoms with van der Waals surface area (Å²) in [6.07, 6.45) is 6.39. The second kappa shape index (κ2) is 6.75. The highest BCUT2D eigenvalue weighted by atomic mass is 16.4. The van der Waals surface area contributed by atoms with Gasteiger partial charge in [0.25, 0.3) is 0 Å². The molecule has 1 saturated heterocycles. The van der Waals surface area contributed by atoms with Crippen LogP contribution < -0.4 is 10.6 Å². The molecule has 120 valence electrons. The molecule has 6 heteroatoms. The molecular weight excluding hydrogens is 272 g/mol. The first-order chi connectivity index (χ1) is 9.87. The first-order valence-corrected chi connectivity index (χ1v) is 7.85. The van der Waals surface area contributed by atoms with Crippen molar-refractivity contribution in [3.05, 3.63) is 0 Å². The SMILES string of the molecule is CC(O)(CNC(=O)C1CCC2CCCCC2N1)CC(=O)O. The van der Waals surface area contributed by atoms with Gasteiger partial charge < -0.3 is 20.8 Å². The van der Waals surface area contributed by atoms with E-state index < -0.39 is 11.6 Å². The number of piperidine rings is 1. The van der Waals surface area contributed by atoms with E-state index in [1.165, 1.54) is 26.2 Å². The molecule has 4 N–H and O–H groups in total. The summed E-state index contributed by atoms with van der Waals surface area (Å²) in [7, 11) is 0. The van der Waals surface area contributed by atoms with Crippen molar-refractivity contribution in [2.45, 2.75) is 69.6 Å². The predicted octanol–water partition coefficient (Wildman–Crippen LogP) is 0.639. The quantitative estimate of drug-likeness (QED) is 0.597. The van der Waals surface area contributed by atoms with Gasteiger partial charge in [0.05, 0.1) is 18.1 Å². The van der Waals surface area contributed by atoms with Crippen LogP contribution in [0.4, 0.5) is 0 Å². The van der Waals surface area contributed by atoms with Crippen molar-refractivity contribution in [3.8, 4) is 0 Å². The van der Waals surface area contributed by atoms with Crippen molar-refractivity contribution < 1.29 is 19.8 Å². The number of aliphatic hydroxyl groups is 1. The fourth-order valence-electron chi connectivity index (χ4n) is 3.49. The maximum atomic E-state index is 12.2. The monoisotopic (exact) mass is 298 g/mol. The lowest BCUT2D eigenvalue weighted by Crippen LogP contribution is -2.56. The van der Waals surface area contributed by atoms with Crippen molar-refractivity contribution in [1.29, 1.82) is 0 Å². The van der Waals surface area contributed by atoms with Crippen molar-refractivity contribution >= 4 is 11.9 Å². The standard InChI is InChI=1S/C15H26N2O4/c1-15(21,8-13(18)19)9-16-14(20)12-7-6-10-4-2-3-5-11(10)17-12/h10-12,17,21H,2-9H2,1H3,(H,16,20)(H,18,19). The van der Waals surface area contributed by atoms with Crippen molar-refractivity contribution in [1.82, 2.24) is 10.6 Å². The molecule has 0 aromatic heterocycles. The summed E-state index contributed by atoms with van der Waals surface area (Å²) in [6.45, 7) is 1.39. The lowest BCUT2D eigenvalue weighted by atomic mass is 9.77. The average Bonchev–Trinajstić information content (AvgIpc) is 2.43. The topological polar surface area (TPSA) is 98.7 Å². The van der Waals surface area contributed by atoms with Gasteiger partial charge in [-0.05, 0) is 38.5 Å². The number of carbonyl (C=O) groups excluding carboxylic acids is 1. The summed E-state index contributed by atoms with van der Waals surface area (Å²) in [4.78, 5) is 22.8. The van der Waals surface area contributed by atoms with Crippen LogP contribution in [0.5, 0.6) is 0 Å². The summed E-state index contributed by atoms with van der Waals surface area (Å²) >= 11 is 0. The van der Waals surface area contributed by atoms with Crippen molar-refractivity contribution in [2.75, 3.05) is 6.54 Å². The Morgan fingerprint density at radius 1 is 1.24 bits per heavy atom. The number of amides is 1. The number of carbonyl (C=O) groups is 2. The number of carboxylic acids is 1. The van der Waals surface area contributed by atoms with E-state index in [-0.39, 0.29) is 24.9 Å². The zero-order valence-corrected chi connectivity index (χ0v) is 12.6. The molecule has 0 radical (unpaired) electrons. The smallest absolute Gasteiger partial charge is 0.306 e. The lowest BCUT2D eigenvalue weighted by Gasteiger charge is -2.40. The number of hydrogen-bond acceptors (Lipinski definition) is 4. The largest absolute Gasteiger partial charge is 0.481 e. The Kier molecular flexibility index (Phi) is 5.22. The lowest BCUT2D eigenvalue weighted by molar-refractivity contribution is -0.142. The molecule has 4 atom stereocenters. The first kappa shape index (κ1) is 16.2. The van der Waals surface area contributed by atoms with E-state index in [1.54, 1.807) is 0 Å². The molecule has 0 spiro atoms. The van der Waals surface area contributed by atoms with Gasteiger partial charge in [0.1, 0.15) is 0 Å². The Morgan fingerprint density at radius 2 is 1.95 bits per heavy atom. The minimum absolute atomic E-state index is 0.0373. The van der Waals surface area contributed by atoms with E-state index in [2.05, 4.69) is 10.6 Å². The van der Waals surface area contributed by atoms with Crippen LogP contribution in [-0.2, 0) is 9.59 Å². The predicted molar refractivity (Wildman–Crippen MR) is 77.8 cm³/mol. The van der Waals surface area contributed by atoms with E-state index in [0.717, 1.165) is 19.3 Å². The molecule has 1 heterocycles. The number of fused-ring (bicyclic) bond motifs is 1. The minimum Gasteiger partial charge on any atom is -0.481 e. The molecule has 0 aromatic carbocycles. The third-order valence-electron chi connectivity index (χ3n) is 4.64. The van der Waals surface area contributed by atoms with Gasteiger partial charge in [0, 0.05) is 12.6 Å². The molecule has 1 aliphatic heterocycles. The maximum absolute atomic E-state index is 12.2. The zero-order chi connectivity index (χ0) is 15.5. The van der Waals surface area contributed by atoms with E-state index in [1.807, 2.05) is 0 Å². The van der Waals surface area contributed by atoms with Gasteiger partial charge in [-0.2, -0.15) is 0 Å². The highest BCUT2D eigenvalue weighted by molar-refractivity contribution is 5.82. The molecule has 1 saturated carbocycles. The van der Waals surface area contributed by atoms with Gasteiger partial charge in [0.15, 0.2) is 0 Å². The Morgan fingerprint density at radius 3 is 2.67 bits per heavy atom. The summed E-state index contributed by atoms with van der Waals surface area (Å²) in [5.74, 6) is -0.516. The van der Waals surface area contributed by atoms with Crippen LogP contribution in [-0.4, -0.2) is 46.3 Å². The van der Waals surface area contributed by atoms with E-state index >= 15 is 0 Å². The van der Waals surface area contributed by atoms with E-state index in [4.69, 9.17) is 5.11 Å². The van der Waals surface area contributed by atoms with Crippen LogP contribution in [0.25, 0.3) is 0 Å². The van der Waals surface area contributed by atoms with Gasteiger partial charge in [-0.3, -0.25) is 9.59 Å². The fourth-order valence-corrected chi connectivity index (χ4v) is 3.49. The van der Waals surface area contributed by atoms with Crippen LogP contribution in [0, 0.1) is 5.92 Å². The minimum atomic E-state index is -1.41. The third kappa shape index (κ3) is 4.68. The van der Waals surface area contributed by atoms with Gasteiger partial charge in [-0.25, -0.2) is 0 Å². The van der Waals surface area contributed by atoms with Crippen molar-refractivity contribution in [3.63, 3.8) is 0 Å². The van der Waals surface area contributed by atoms with Crippen LogP contribution in [0.3, 0.4) is 0 Å². The molecule has 6 nitrogen and oxygen atoms in total. The van der Waals surface area contributed by atoms with Crippen LogP contribution in [0.1, 0.15) is 51.9 Å². The normalized spacial score (nSPS) is 31.8. The number of nitrogens with one attached hydrogen (secondary N) is 2. The molecule has 0 bridgehead atoms. The third-order valence-corrected chi connectivity index (χ3v) is 4.64. The molecule has 1 aliphatic carbocycles. The summed E-state index contributed by atoms with van der Waals surface area (Å²) < 4.78 is 0. The van der Waals surface area contributed by atoms with Crippen LogP contribution >= 0.6 is 0 Å². The van der Waals surface area contributed by atoms with Gasteiger partial charge in [-0.1, -0.05) is 12.8 Å².